The normalized spacial score (nSPS) is 54.4. The third-order valence-corrected chi connectivity index (χ3v) is 6.89. The van der Waals surface area contributed by atoms with Gasteiger partial charge in [-0.3, -0.25) is 0 Å². The molecule has 0 amide bonds. The van der Waals surface area contributed by atoms with Crippen molar-refractivity contribution < 1.29 is 70.0 Å². The van der Waals surface area contributed by atoms with Crippen LogP contribution in [0.5, 0.6) is 0 Å². The Morgan fingerprint density at radius 2 is 1.32 bits per heavy atom. The Kier molecular flexibility index (Phi) is 8.88. The van der Waals surface area contributed by atoms with Crippen molar-refractivity contribution in [3.8, 4) is 0 Å². The van der Waals surface area contributed by atoms with Crippen LogP contribution in [0.4, 0.5) is 0 Å². The number of aliphatic hydroxyl groups excluding tert-OH is 9. The van der Waals surface area contributed by atoms with Crippen LogP contribution in [0.1, 0.15) is 6.92 Å². The summed E-state index contributed by atoms with van der Waals surface area (Å²) in [5.41, 5.74) is -2.12. The molecule has 0 aromatic rings. The average molecular weight is 501 g/mol. The van der Waals surface area contributed by atoms with Crippen LogP contribution in [-0.2, 0) is 18.9 Å². The molecule has 1 aliphatic carbocycles. The Balaban J connectivity index is 1.86. The topological polar surface area (TPSA) is 251 Å². The van der Waals surface area contributed by atoms with E-state index in [-0.39, 0.29) is 0 Å². The molecule has 1 saturated carbocycles. The van der Waals surface area contributed by atoms with Gasteiger partial charge >= 0.3 is 0 Å². The number of ether oxygens (including phenoxy) is 4. The van der Waals surface area contributed by atoms with E-state index in [9.17, 15) is 51.1 Å². The van der Waals surface area contributed by atoms with E-state index in [1.165, 1.54) is 14.0 Å². The summed E-state index contributed by atoms with van der Waals surface area (Å²) >= 11 is 0. The molecule has 15 atom stereocenters. The Morgan fingerprint density at radius 3 is 1.82 bits per heavy atom. The van der Waals surface area contributed by atoms with E-state index < -0.39 is 105 Å². The van der Waals surface area contributed by atoms with E-state index >= 15 is 0 Å². The quantitative estimate of drug-likeness (QED) is 0.155. The second kappa shape index (κ2) is 10.8. The lowest BCUT2D eigenvalue weighted by atomic mass is 9.84. The fourth-order valence-electron chi connectivity index (χ4n) is 4.52. The molecular formula is C19H35NO14. The van der Waals surface area contributed by atoms with Crippen molar-refractivity contribution in [3.05, 3.63) is 0 Å². The molecule has 3 rings (SSSR count). The van der Waals surface area contributed by atoms with Crippen LogP contribution in [0.3, 0.4) is 0 Å². The Bertz CT molecular complexity index is 659. The fourth-order valence-corrected chi connectivity index (χ4v) is 4.52. The minimum Gasteiger partial charge on any atom is -0.394 e. The van der Waals surface area contributed by atoms with Crippen LogP contribution >= 0.6 is 0 Å². The molecule has 3 fully saturated rings. The summed E-state index contributed by atoms with van der Waals surface area (Å²) in [6.07, 6.45) is -21.0. The van der Waals surface area contributed by atoms with Gasteiger partial charge in [-0.1, -0.05) is 0 Å². The third-order valence-electron chi connectivity index (χ3n) is 6.89. The van der Waals surface area contributed by atoms with Gasteiger partial charge in [0.1, 0.15) is 66.6 Å². The average Bonchev–Trinajstić information content (AvgIpc) is 3.06. The van der Waals surface area contributed by atoms with E-state index in [0.717, 1.165) is 0 Å². The lowest BCUT2D eigenvalue weighted by Gasteiger charge is -2.45. The van der Waals surface area contributed by atoms with E-state index in [2.05, 4.69) is 5.32 Å². The van der Waals surface area contributed by atoms with Crippen LogP contribution in [0.25, 0.3) is 0 Å². The Labute approximate surface area is 194 Å². The molecule has 3 aliphatic rings. The van der Waals surface area contributed by atoms with Crippen molar-refractivity contribution in [3.63, 3.8) is 0 Å². The molecule has 0 spiro atoms. The summed E-state index contributed by atoms with van der Waals surface area (Å²) < 4.78 is 22.5. The number of nitrogens with one attached hydrogen (secondary N) is 1. The maximum absolute atomic E-state index is 11.1. The number of likely N-dealkylation sites (N-methyl/N-ethyl adjacent to an activating group) is 1. The Hall–Kier alpha value is -0.600. The molecule has 15 nitrogen and oxygen atoms in total. The first-order chi connectivity index (χ1) is 15.9. The van der Waals surface area contributed by atoms with Gasteiger partial charge < -0.3 is 75.3 Å². The summed E-state index contributed by atoms with van der Waals surface area (Å²) in [5.74, 6) is 0. The highest BCUT2D eigenvalue weighted by Gasteiger charge is 2.60. The van der Waals surface area contributed by atoms with Gasteiger partial charge in [0.25, 0.3) is 0 Å². The summed E-state index contributed by atoms with van der Waals surface area (Å²) in [7, 11) is 1.43. The van der Waals surface area contributed by atoms with Crippen molar-refractivity contribution in [1.29, 1.82) is 0 Å². The van der Waals surface area contributed by atoms with Gasteiger partial charge in [-0.15, -0.1) is 0 Å². The lowest BCUT2D eigenvalue weighted by molar-refractivity contribution is -0.324. The predicted molar refractivity (Wildman–Crippen MR) is 107 cm³/mol. The van der Waals surface area contributed by atoms with Gasteiger partial charge in [0.2, 0.25) is 0 Å². The first-order valence-electron chi connectivity index (χ1n) is 10.9. The van der Waals surface area contributed by atoms with Gasteiger partial charge in [-0.2, -0.15) is 0 Å². The molecule has 0 aromatic carbocycles. The largest absolute Gasteiger partial charge is 0.394 e. The fraction of sp³-hybridized carbons (Fsp3) is 1.00. The zero-order chi connectivity index (χ0) is 25.5. The number of hydrogen-bond acceptors (Lipinski definition) is 15. The van der Waals surface area contributed by atoms with E-state index in [0.29, 0.717) is 0 Å². The minimum atomic E-state index is -2.12. The first kappa shape index (κ1) is 28.0. The highest BCUT2D eigenvalue weighted by atomic mass is 16.8. The molecule has 0 aromatic heterocycles. The summed E-state index contributed by atoms with van der Waals surface area (Å²) in [4.78, 5) is 0. The van der Waals surface area contributed by atoms with Crippen molar-refractivity contribution in [2.45, 2.75) is 98.3 Å². The second-order valence-corrected chi connectivity index (χ2v) is 8.93. The van der Waals surface area contributed by atoms with Gasteiger partial charge in [-0.25, -0.2) is 0 Å². The third kappa shape index (κ3) is 4.72. The first-order valence-corrected chi connectivity index (χ1v) is 10.9. The highest BCUT2D eigenvalue weighted by Crippen LogP contribution is 2.38. The summed E-state index contributed by atoms with van der Waals surface area (Å²) in [6, 6.07) is -1.07. The minimum absolute atomic E-state index is 0.672. The van der Waals surface area contributed by atoms with E-state index in [1.54, 1.807) is 0 Å². The number of hydrogen-bond donors (Lipinski definition) is 11. The molecule has 0 radical (unpaired) electrons. The second-order valence-electron chi connectivity index (χ2n) is 8.93. The van der Waals surface area contributed by atoms with Crippen LogP contribution in [0.2, 0.25) is 0 Å². The monoisotopic (exact) mass is 501 g/mol. The van der Waals surface area contributed by atoms with E-state index in [1.807, 2.05) is 0 Å². The number of aliphatic hydroxyl groups is 10. The molecule has 2 unspecified atom stereocenters. The summed E-state index contributed by atoms with van der Waals surface area (Å²) in [5, 5.41) is 104. The van der Waals surface area contributed by atoms with Gasteiger partial charge in [0, 0.05) is 0 Å². The predicted octanol–water partition coefficient (Wildman–Crippen LogP) is -6.93. The zero-order valence-corrected chi connectivity index (χ0v) is 18.6. The summed E-state index contributed by atoms with van der Waals surface area (Å²) in [6.45, 7) is -0.192. The standard InChI is InChI=1S/C19H35NO14/c1-5-19(30,4-22)16(34-17-7(20-2)9(24)8(23)6(3-21)32-17)18(31-5)33-15-13(28)11(26)10(25)12(27)14(15)29/h5-18,20-30H,3-4H2,1-2H3/t5-,6+,7-,8-,9+,10?,11-,12+,13-,14+,15?,16-,17-,18+,19+/m1/s1. The molecule has 2 aliphatic heterocycles. The zero-order valence-electron chi connectivity index (χ0n) is 18.6. The van der Waals surface area contributed by atoms with Crippen LogP contribution in [0.15, 0.2) is 0 Å². The highest BCUT2D eigenvalue weighted by molar-refractivity contribution is 5.04. The molecule has 2 heterocycles. The van der Waals surface area contributed by atoms with Crippen LogP contribution < -0.4 is 5.32 Å². The van der Waals surface area contributed by atoms with Crippen molar-refractivity contribution in [2.24, 2.45) is 0 Å². The van der Waals surface area contributed by atoms with Gasteiger partial charge in [0.15, 0.2) is 12.6 Å². The molecule has 2 saturated heterocycles. The molecule has 200 valence electrons. The molecule has 15 heteroatoms. The van der Waals surface area contributed by atoms with Crippen molar-refractivity contribution in [1.82, 2.24) is 5.32 Å². The Morgan fingerprint density at radius 1 is 0.765 bits per heavy atom. The van der Waals surface area contributed by atoms with Crippen LogP contribution in [-0.4, -0.2) is 163 Å². The van der Waals surface area contributed by atoms with Crippen molar-refractivity contribution >= 4 is 0 Å². The maximum Gasteiger partial charge on any atom is 0.187 e. The maximum atomic E-state index is 11.1. The number of rotatable bonds is 7. The molecule has 0 bridgehead atoms. The lowest BCUT2D eigenvalue weighted by Crippen LogP contribution is -2.67. The molecule has 34 heavy (non-hydrogen) atoms. The molecule has 11 N–H and O–H groups in total. The van der Waals surface area contributed by atoms with Crippen molar-refractivity contribution in [2.75, 3.05) is 20.3 Å². The van der Waals surface area contributed by atoms with Gasteiger partial charge in [0.05, 0.1) is 25.4 Å². The van der Waals surface area contributed by atoms with Gasteiger partial charge in [-0.05, 0) is 14.0 Å². The smallest absolute Gasteiger partial charge is 0.187 e. The van der Waals surface area contributed by atoms with Crippen LogP contribution in [0, 0.1) is 0 Å². The van der Waals surface area contributed by atoms with E-state index in [4.69, 9.17) is 18.9 Å². The molecular weight excluding hydrogens is 466 g/mol. The SMILES string of the molecule is CN[C@H]1[C@@H](O[C@@H]2[C@H](OC3[C@@H](O)[C@@H](O)C(O)[C@@H](O)[C@H]3O)O[C@H](C)[C@@]2(O)CO)O[C@@H](CO)[C@@H](O)[C@H]1O.